The van der Waals surface area contributed by atoms with E-state index in [-0.39, 0.29) is 17.9 Å². The molecule has 1 unspecified atom stereocenters. The molecule has 116 valence electrons. The van der Waals surface area contributed by atoms with E-state index in [1.165, 1.54) is 24.3 Å². The number of carbonyl (C=O) groups excluding carboxylic acids is 1. The quantitative estimate of drug-likeness (QED) is 0.459. The van der Waals surface area contributed by atoms with Gasteiger partial charge in [-0.15, -0.1) is 6.58 Å². The summed E-state index contributed by atoms with van der Waals surface area (Å²) in [7, 11) is -4.07. The van der Waals surface area contributed by atoms with Gasteiger partial charge in [0.05, 0.1) is 23.6 Å². The Bertz CT molecular complexity index is 655. The van der Waals surface area contributed by atoms with Crippen molar-refractivity contribution in [3.8, 4) is 0 Å². The van der Waals surface area contributed by atoms with E-state index in [1.807, 2.05) is 0 Å². The van der Waals surface area contributed by atoms with Crippen LogP contribution in [0.15, 0.2) is 36.9 Å². The Morgan fingerprint density at radius 3 is 2.71 bits per heavy atom. The molecule has 0 saturated heterocycles. The third-order valence-electron chi connectivity index (χ3n) is 2.29. The molecule has 0 amide bonds. The van der Waals surface area contributed by atoms with E-state index in [1.54, 1.807) is 6.92 Å². The number of sulfonamides is 1. The van der Waals surface area contributed by atoms with Gasteiger partial charge in [-0.3, -0.25) is 4.55 Å². The molecule has 1 atom stereocenters. The Hall–Kier alpha value is -1.71. The second-order valence-corrected chi connectivity index (χ2v) is 6.72. The lowest BCUT2D eigenvalue weighted by atomic mass is 10.2. The highest BCUT2D eigenvalue weighted by molar-refractivity contribution is 8.05. The zero-order valence-corrected chi connectivity index (χ0v) is 12.9. The minimum absolute atomic E-state index is 0.0820. The molecule has 0 aromatic heterocycles. The molecular weight excluding hydrogens is 318 g/mol. The lowest BCUT2D eigenvalue weighted by Crippen LogP contribution is -2.34. The fourth-order valence-corrected chi connectivity index (χ4v) is 3.65. The first-order valence-corrected chi connectivity index (χ1v) is 8.52. The van der Waals surface area contributed by atoms with Crippen molar-refractivity contribution < 1.29 is 26.7 Å². The van der Waals surface area contributed by atoms with Gasteiger partial charge >= 0.3 is 5.97 Å². The molecule has 9 heteroatoms. The summed E-state index contributed by atoms with van der Waals surface area (Å²) < 4.78 is 49.6. The van der Waals surface area contributed by atoms with E-state index in [2.05, 4.69) is 6.58 Å². The minimum atomic E-state index is -4.07. The molecule has 0 aliphatic heterocycles. The van der Waals surface area contributed by atoms with Gasteiger partial charge in [0.25, 0.3) is 21.3 Å². The fourth-order valence-electron chi connectivity index (χ4n) is 1.53. The van der Waals surface area contributed by atoms with Crippen molar-refractivity contribution in [2.75, 3.05) is 16.1 Å². The van der Waals surface area contributed by atoms with Crippen molar-refractivity contribution in [2.45, 2.75) is 6.92 Å². The molecule has 1 N–H and O–H groups in total. The number of rotatable bonds is 7. The van der Waals surface area contributed by atoms with Crippen LogP contribution in [0.5, 0.6) is 0 Å². The summed E-state index contributed by atoms with van der Waals surface area (Å²) in [6, 6.07) is 5.29. The van der Waals surface area contributed by atoms with Crippen LogP contribution in [0.2, 0.25) is 0 Å². The van der Waals surface area contributed by atoms with E-state index < -0.39 is 33.0 Å². The molecular formula is C12H15NO6S2. The smallest absolute Gasteiger partial charge is 0.338 e. The highest BCUT2D eigenvalue weighted by atomic mass is 32.3. The fraction of sp³-hybridized carbons (Fsp3) is 0.250. The van der Waals surface area contributed by atoms with Gasteiger partial charge < -0.3 is 4.74 Å². The summed E-state index contributed by atoms with van der Waals surface area (Å²) in [4.78, 5) is 11.6. The van der Waals surface area contributed by atoms with Crippen LogP contribution in [0.25, 0.3) is 0 Å². The van der Waals surface area contributed by atoms with E-state index in [4.69, 9.17) is 4.74 Å². The lowest BCUT2D eigenvalue weighted by molar-refractivity contribution is 0.0526. The van der Waals surface area contributed by atoms with Gasteiger partial charge in [0, 0.05) is 0 Å². The lowest BCUT2D eigenvalue weighted by Gasteiger charge is -2.19. The average Bonchev–Trinajstić information content (AvgIpc) is 2.38. The van der Waals surface area contributed by atoms with Gasteiger partial charge in [0.1, 0.15) is 0 Å². The summed E-state index contributed by atoms with van der Waals surface area (Å²) in [6.07, 6.45) is 1.10. The van der Waals surface area contributed by atoms with Crippen LogP contribution in [0, 0.1) is 0 Å². The summed E-state index contributed by atoms with van der Waals surface area (Å²) in [5.74, 6) is -1.16. The molecule has 1 rings (SSSR count). The number of benzene rings is 1. The van der Waals surface area contributed by atoms with Gasteiger partial charge in [0.2, 0.25) is 0 Å². The Kier molecular flexibility index (Phi) is 6.06. The number of nitrogens with zero attached hydrogens (tertiary/aromatic N) is 1. The summed E-state index contributed by atoms with van der Waals surface area (Å²) >= 11 is -2.81. The van der Waals surface area contributed by atoms with Crippen molar-refractivity contribution in [3.05, 3.63) is 42.5 Å². The molecule has 0 aliphatic carbocycles. The third-order valence-corrected chi connectivity index (χ3v) is 5.22. The maximum Gasteiger partial charge on any atom is 0.338 e. The molecule has 7 nitrogen and oxygen atoms in total. The van der Waals surface area contributed by atoms with Crippen LogP contribution in [-0.2, 0) is 26.0 Å². The third kappa shape index (κ3) is 4.38. The molecule has 0 fully saturated rings. The molecule has 0 saturated carbocycles. The van der Waals surface area contributed by atoms with E-state index >= 15 is 0 Å². The molecule has 1 aromatic rings. The molecule has 21 heavy (non-hydrogen) atoms. The second kappa shape index (κ2) is 7.34. The second-order valence-electron chi connectivity index (χ2n) is 3.80. The van der Waals surface area contributed by atoms with Crippen LogP contribution in [0.1, 0.15) is 17.3 Å². The van der Waals surface area contributed by atoms with Crippen LogP contribution in [0.3, 0.4) is 0 Å². The number of anilines is 1. The molecule has 1 aromatic carbocycles. The molecule has 0 radical (unpaired) electrons. The Morgan fingerprint density at radius 2 is 2.19 bits per heavy atom. The number of hydrogen-bond acceptors (Lipinski definition) is 5. The first-order valence-electron chi connectivity index (χ1n) is 5.85. The zero-order valence-electron chi connectivity index (χ0n) is 11.3. The van der Waals surface area contributed by atoms with Crippen molar-refractivity contribution in [1.29, 1.82) is 0 Å². The topological polar surface area (TPSA) is 101 Å². The van der Waals surface area contributed by atoms with Crippen LogP contribution >= 0.6 is 0 Å². The molecule has 0 bridgehead atoms. The normalized spacial score (nSPS) is 12.5. The van der Waals surface area contributed by atoms with Gasteiger partial charge in [-0.05, 0) is 25.1 Å². The van der Waals surface area contributed by atoms with Crippen LogP contribution in [0.4, 0.5) is 5.69 Å². The summed E-state index contributed by atoms with van der Waals surface area (Å²) in [5, 5.41) is 0. The molecule has 0 spiro atoms. The average molecular weight is 333 g/mol. The summed E-state index contributed by atoms with van der Waals surface area (Å²) in [6.45, 7) is 5.08. The van der Waals surface area contributed by atoms with Gasteiger partial charge in [-0.1, -0.05) is 12.1 Å². The highest BCUT2D eigenvalue weighted by Gasteiger charge is 2.27. The van der Waals surface area contributed by atoms with E-state index in [9.17, 15) is 22.0 Å². The van der Waals surface area contributed by atoms with Crippen molar-refractivity contribution in [3.63, 3.8) is 0 Å². The standard InChI is InChI=1S/C12H15NO6S2/c1-3-8-21(17,18)13(20(15)16)11-7-5-6-10(9-11)12(14)19-4-2/h3,5-7,9H,1,4,8H2,2H3,(H,15,16). The minimum Gasteiger partial charge on any atom is -0.462 e. The summed E-state index contributed by atoms with van der Waals surface area (Å²) in [5.41, 5.74) is -0.0261. The number of esters is 1. The first-order chi connectivity index (χ1) is 9.83. The number of hydrogen-bond donors (Lipinski definition) is 1. The Morgan fingerprint density at radius 1 is 1.52 bits per heavy atom. The van der Waals surface area contributed by atoms with E-state index in [0.717, 1.165) is 6.08 Å². The maximum absolute atomic E-state index is 12.0. The predicted molar refractivity (Wildman–Crippen MR) is 79.6 cm³/mol. The first kappa shape index (κ1) is 17.3. The van der Waals surface area contributed by atoms with Crippen LogP contribution < -0.4 is 3.71 Å². The number of carbonyl (C=O) groups is 1. The van der Waals surface area contributed by atoms with Crippen molar-refractivity contribution >= 4 is 32.9 Å². The van der Waals surface area contributed by atoms with Crippen molar-refractivity contribution in [1.82, 2.24) is 0 Å². The maximum atomic E-state index is 12.0. The molecule has 0 heterocycles. The Labute approximate surface area is 125 Å². The monoisotopic (exact) mass is 333 g/mol. The van der Waals surface area contributed by atoms with E-state index in [0.29, 0.717) is 3.71 Å². The van der Waals surface area contributed by atoms with Gasteiger partial charge in [-0.25, -0.2) is 17.4 Å². The zero-order chi connectivity index (χ0) is 16.0. The van der Waals surface area contributed by atoms with Gasteiger partial charge in [0.15, 0.2) is 0 Å². The van der Waals surface area contributed by atoms with Crippen LogP contribution in [-0.4, -0.2) is 35.5 Å². The van der Waals surface area contributed by atoms with Crippen molar-refractivity contribution in [2.24, 2.45) is 0 Å². The predicted octanol–water partition coefficient (Wildman–Crippen LogP) is 1.32. The number of ether oxygens (including phenoxy) is 1. The highest BCUT2D eigenvalue weighted by Crippen LogP contribution is 2.22. The molecule has 0 aliphatic rings. The SMILES string of the molecule is C=CCS(=O)(=O)N(c1cccc(C(=O)OCC)c1)S(=O)O. The van der Waals surface area contributed by atoms with Gasteiger partial charge in [-0.2, -0.15) is 3.71 Å². The Balaban J connectivity index is 3.28. The largest absolute Gasteiger partial charge is 0.462 e.